The second-order valence-electron chi connectivity index (χ2n) is 7.25. The molecule has 1 aromatic carbocycles. The van der Waals surface area contributed by atoms with Gasteiger partial charge in [-0.15, -0.1) is 0 Å². The van der Waals surface area contributed by atoms with Crippen LogP contribution in [0.5, 0.6) is 0 Å². The topological polar surface area (TPSA) is 146 Å². The van der Waals surface area contributed by atoms with Crippen LogP contribution in [0.4, 0.5) is 11.4 Å². The predicted octanol–water partition coefficient (Wildman–Crippen LogP) is 3.01. The first kappa shape index (κ1) is 19.9. The minimum absolute atomic E-state index is 0.0248. The number of Topliss-reactive ketones (excluding diaryl/α,β-unsaturated/α-hetero) is 1. The molecule has 0 amide bonds. The molecule has 0 unspecified atom stereocenters. The maximum Gasteiger partial charge on any atom is 0.391 e. The van der Waals surface area contributed by atoms with Gasteiger partial charge in [-0.1, -0.05) is 13.8 Å². The van der Waals surface area contributed by atoms with E-state index in [-0.39, 0.29) is 28.5 Å². The molecule has 0 radical (unpaired) electrons. The Morgan fingerprint density at radius 3 is 2.46 bits per heavy atom. The minimum atomic E-state index is -4.33. The molecule has 0 spiro atoms. The Balaban J connectivity index is 0.000000197. The van der Waals surface area contributed by atoms with E-state index in [4.69, 9.17) is 5.39 Å². The fourth-order valence-corrected chi connectivity index (χ4v) is 5.36. The van der Waals surface area contributed by atoms with Gasteiger partial charge in [-0.3, -0.25) is 14.9 Å². The first-order chi connectivity index (χ1) is 11.9. The van der Waals surface area contributed by atoms with Gasteiger partial charge in [0, 0.05) is 24.0 Å². The molecule has 1 aromatic rings. The monoisotopic (exact) mass is 381 g/mol. The van der Waals surface area contributed by atoms with Gasteiger partial charge >= 0.3 is 5.69 Å². The van der Waals surface area contributed by atoms with Gasteiger partial charge in [0.1, 0.15) is 11.8 Å². The first-order valence-corrected chi connectivity index (χ1v) is 9.57. The van der Waals surface area contributed by atoms with Gasteiger partial charge in [-0.2, -0.15) is 0 Å². The van der Waals surface area contributed by atoms with Crippen LogP contribution in [0.1, 0.15) is 33.1 Å². The Labute approximate surface area is 150 Å². The Kier molecular flexibility index (Phi) is 5.17. The second-order valence-corrected chi connectivity index (χ2v) is 8.65. The lowest BCUT2D eigenvalue weighted by Crippen LogP contribution is -2.42. The summed E-state index contributed by atoms with van der Waals surface area (Å²) in [7, 11) is -4.33. The van der Waals surface area contributed by atoms with Crippen molar-refractivity contribution in [3.8, 4) is 0 Å². The van der Waals surface area contributed by atoms with E-state index in [0.717, 1.165) is 6.42 Å². The van der Waals surface area contributed by atoms with Gasteiger partial charge in [0.25, 0.3) is 5.69 Å². The molecular formula is C16H19N3O6S. The number of non-ortho nitro benzene ring substituents is 1. The quantitative estimate of drug-likeness (QED) is 0.338. The summed E-state index contributed by atoms with van der Waals surface area (Å²) in [6, 6.07) is 5.43. The molecule has 0 heterocycles. The van der Waals surface area contributed by atoms with Crippen molar-refractivity contribution in [2.45, 2.75) is 33.1 Å². The molecule has 0 N–H and O–H groups in total. The van der Waals surface area contributed by atoms with Crippen molar-refractivity contribution >= 4 is 27.3 Å². The smallest absolute Gasteiger partial charge is 0.391 e. The third-order valence-electron chi connectivity index (χ3n) is 5.72. The molecule has 26 heavy (non-hydrogen) atoms. The number of fused-ring (bicyclic) bond motifs is 2. The number of nitro groups is 1. The standard InChI is InChI=1S/C10H16O4S.C6H4N3O2/c1-9(2)7-3-4-10(9,8(11)5-7)6-15(12,13)14;7-8-5-2-1-3-6(4-5)9(10)11/h7H,3-6H2,1-2H3,(H,12,13,14);1-4H/q;+1/p-1/t7-,10-;/m0./s1. The van der Waals surface area contributed by atoms with E-state index in [2.05, 4.69) is 4.98 Å². The number of hydrogen-bond acceptors (Lipinski definition) is 7. The summed E-state index contributed by atoms with van der Waals surface area (Å²) in [4.78, 5) is 24.3. The summed E-state index contributed by atoms with van der Waals surface area (Å²) in [5.74, 6) is -0.280. The van der Waals surface area contributed by atoms with E-state index in [1.54, 1.807) is 0 Å². The molecule has 0 saturated heterocycles. The van der Waals surface area contributed by atoms with Crippen LogP contribution in [-0.2, 0) is 14.9 Å². The lowest BCUT2D eigenvalue weighted by atomic mass is 9.70. The third-order valence-corrected chi connectivity index (χ3v) is 6.56. The normalized spacial score (nSPS) is 25.9. The van der Waals surface area contributed by atoms with E-state index in [9.17, 15) is 27.9 Å². The summed E-state index contributed by atoms with van der Waals surface area (Å²) in [6.45, 7) is 3.83. The highest BCUT2D eigenvalue weighted by molar-refractivity contribution is 7.85. The Hall–Kier alpha value is -2.38. The van der Waals surface area contributed by atoms with Gasteiger partial charge in [0.2, 0.25) is 5.39 Å². The summed E-state index contributed by atoms with van der Waals surface area (Å²) in [6.07, 6.45) is 1.88. The predicted molar refractivity (Wildman–Crippen MR) is 91.0 cm³/mol. The van der Waals surface area contributed by atoms with Crippen LogP contribution in [-0.4, -0.2) is 29.4 Å². The summed E-state index contributed by atoms with van der Waals surface area (Å²) >= 11 is 0. The Morgan fingerprint density at radius 2 is 2.04 bits per heavy atom. The molecule has 3 rings (SSSR count). The van der Waals surface area contributed by atoms with Crippen LogP contribution in [0.25, 0.3) is 4.98 Å². The van der Waals surface area contributed by atoms with Crippen molar-refractivity contribution in [3.05, 3.63) is 39.4 Å². The van der Waals surface area contributed by atoms with Crippen molar-refractivity contribution in [1.82, 2.24) is 0 Å². The number of ketones is 1. The fourth-order valence-electron chi connectivity index (χ4n) is 4.08. The van der Waals surface area contributed by atoms with Crippen LogP contribution in [0.15, 0.2) is 24.3 Å². The van der Waals surface area contributed by atoms with Crippen LogP contribution >= 0.6 is 0 Å². The maximum atomic E-state index is 11.8. The highest BCUT2D eigenvalue weighted by Crippen LogP contribution is 2.64. The average Bonchev–Trinajstić information content (AvgIpc) is 2.88. The number of nitrogens with zero attached hydrogens (tertiary/aromatic N) is 3. The number of nitro benzene ring substituents is 1. The SMILES string of the molecule is CC1(C)[C@H]2CC[C@]1(CS(=O)(=O)[O-])C(=O)C2.N#[N+]c1cccc([N+](=O)[O-])c1. The molecule has 0 aliphatic heterocycles. The molecule has 2 bridgehead atoms. The van der Waals surface area contributed by atoms with Crippen LogP contribution in [0.3, 0.4) is 0 Å². The lowest BCUT2D eigenvalue weighted by Gasteiger charge is -2.37. The van der Waals surface area contributed by atoms with E-state index >= 15 is 0 Å². The first-order valence-electron chi connectivity index (χ1n) is 7.99. The van der Waals surface area contributed by atoms with Crippen molar-refractivity contribution in [2.24, 2.45) is 16.7 Å². The number of carbonyl (C=O) groups is 1. The second kappa shape index (κ2) is 6.74. The number of rotatable bonds is 3. The number of carbonyl (C=O) groups excluding carboxylic acids is 1. The number of benzene rings is 1. The molecule has 2 aliphatic rings. The van der Waals surface area contributed by atoms with Crippen molar-refractivity contribution in [3.63, 3.8) is 0 Å². The van der Waals surface area contributed by atoms with Crippen LogP contribution < -0.4 is 0 Å². The molecule has 2 fully saturated rings. The number of hydrogen-bond donors (Lipinski definition) is 0. The Morgan fingerprint density at radius 1 is 1.38 bits per heavy atom. The summed E-state index contributed by atoms with van der Waals surface area (Å²) < 4.78 is 32.7. The summed E-state index contributed by atoms with van der Waals surface area (Å²) in [5.41, 5.74) is -1.13. The van der Waals surface area contributed by atoms with E-state index in [1.165, 1.54) is 24.3 Å². The minimum Gasteiger partial charge on any atom is -0.748 e. The third kappa shape index (κ3) is 3.59. The fraction of sp³-hybridized carbons (Fsp3) is 0.562. The summed E-state index contributed by atoms with van der Waals surface area (Å²) in [5, 5.41) is 18.4. The van der Waals surface area contributed by atoms with Gasteiger partial charge in [-0.05, 0) is 30.2 Å². The largest absolute Gasteiger partial charge is 0.748 e. The van der Waals surface area contributed by atoms with Crippen molar-refractivity contribution in [1.29, 1.82) is 5.39 Å². The average molecular weight is 381 g/mol. The van der Waals surface area contributed by atoms with Crippen molar-refractivity contribution in [2.75, 3.05) is 5.75 Å². The zero-order valence-corrected chi connectivity index (χ0v) is 15.2. The van der Waals surface area contributed by atoms with Crippen LogP contribution in [0.2, 0.25) is 0 Å². The van der Waals surface area contributed by atoms with E-state index in [1.807, 2.05) is 13.8 Å². The molecule has 2 saturated carbocycles. The molecule has 2 aliphatic carbocycles. The molecule has 10 heteroatoms. The molecule has 9 nitrogen and oxygen atoms in total. The lowest BCUT2D eigenvalue weighted by molar-refractivity contribution is -0.384. The van der Waals surface area contributed by atoms with Gasteiger partial charge < -0.3 is 4.55 Å². The molecule has 140 valence electrons. The van der Waals surface area contributed by atoms with Gasteiger partial charge in [0.05, 0.1) is 20.8 Å². The van der Waals surface area contributed by atoms with Gasteiger partial charge in [0.15, 0.2) is 4.98 Å². The maximum absolute atomic E-state index is 11.8. The molecular weight excluding hydrogens is 362 g/mol. The van der Waals surface area contributed by atoms with E-state index in [0.29, 0.717) is 12.8 Å². The van der Waals surface area contributed by atoms with Crippen molar-refractivity contribution < 1.29 is 22.7 Å². The highest BCUT2D eigenvalue weighted by Gasteiger charge is 2.64. The molecule has 0 aromatic heterocycles. The van der Waals surface area contributed by atoms with Gasteiger partial charge in [-0.25, -0.2) is 8.42 Å². The van der Waals surface area contributed by atoms with Crippen LogP contribution in [0, 0.1) is 32.3 Å². The molecule has 2 atom stereocenters. The Bertz CT molecular complexity index is 889. The highest BCUT2D eigenvalue weighted by atomic mass is 32.2. The zero-order chi connectivity index (χ0) is 19.8. The van der Waals surface area contributed by atoms with E-state index < -0.39 is 26.2 Å². The number of diazo groups is 1. The zero-order valence-electron chi connectivity index (χ0n) is 14.4.